The van der Waals surface area contributed by atoms with E-state index < -0.39 is 11.4 Å². The van der Waals surface area contributed by atoms with Gasteiger partial charge in [-0.25, -0.2) is 0 Å². The van der Waals surface area contributed by atoms with E-state index in [9.17, 15) is 9.90 Å². The van der Waals surface area contributed by atoms with Gasteiger partial charge in [0.15, 0.2) is 0 Å². The molecule has 1 aliphatic carbocycles. The summed E-state index contributed by atoms with van der Waals surface area (Å²) in [5.74, 6) is -0.700. The molecule has 0 amide bonds. The maximum absolute atomic E-state index is 11.1. The quantitative estimate of drug-likeness (QED) is 0.834. The first-order valence-electron chi connectivity index (χ1n) is 5.02. The minimum Gasteiger partial charge on any atom is -0.481 e. The molecule has 2 bridgehead atoms. The highest BCUT2D eigenvalue weighted by Gasteiger charge is 2.63. The Morgan fingerprint density at radius 3 is 2.87 bits per heavy atom. The van der Waals surface area contributed by atoms with Crippen LogP contribution in [0.15, 0.2) is 17.5 Å². The minimum atomic E-state index is -0.700. The minimum absolute atomic E-state index is 0.00477. The van der Waals surface area contributed by atoms with Gasteiger partial charge in [-0.15, -0.1) is 11.3 Å². The molecule has 80 valence electrons. The number of hydrogen-bond donors (Lipinski definition) is 1. The molecule has 2 saturated heterocycles. The van der Waals surface area contributed by atoms with Crippen LogP contribution in [0.25, 0.3) is 0 Å². The molecule has 0 atom stereocenters. The molecule has 1 aromatic heterocycles. The maximum atomic E-state index is 11.1. The smallest absolute Gasteiger partial charge is 0.312 e. The normalized spacial score (nSPS) is 38.4. The third kappa shape index (κ3) is 1.12. The number of aliphatic carboxylic acids is 1. The third-order valence-corrected chi connectivity index (χ3v) is 4.72. The zero-order chi connectivity index (χ0) is 10.5. The molecule has 3 heterocycles. The van der Waals surface area contributed by atoms with Gasteiger partial charge in [0.2, 0.25) is 0 Å². The zero-order valence-corrected chi connectivity index (χ0v) is 9.05. The molecule has 1 aromatic rings. The molecule has 1 N–H and O–H groups in total. The van der Waals surface area contributed by atoms with Crippen molar-refractivity contribution < 1.29 is 14.6 Å². The number of carbonyl (C=O) groups is 1. The topological polar surface area (TPSA) is 46.5 Å². The molecule has 15 heavy (non-hydrogen) atoms. The summed E-state index contributed by atoms with van der Waals surface area (Å²) in [4.78, 5) is 12.4. The SMILES string of the molecule is O=C(O)C12COCC(c3cccs3)(C1)C2. The van der Waals surface area contributed by atoms with Crippen LogP contribution in [0, 0.1) is 5.41 Å². The number of thiophene rings is 1. The molecular formula is C11H12O3S. The van der Waals surface area contributed by atoms with E-state index in [1.165, 1.54) is 4.88 Å². The van der Waals surface area contributed by atoms with Gasteiger partial charge in [0, 0.05) is 10.3 Å². The van der Waals surface area contributed by atoms with Gasteiger partial charge in [0.05, 0.1) is 18.6 Å². The molecule has 2 aliphatic heterocycles. The van der Waals surface area contributed by atoms with Crippen molar-refractivity contribution in [2.24, 2.45) is 5.41 Å². The predicted octanol–water partition coefficient (Wildman–Crippen LogP) is 1.88. The zero-order valence-electron chi connectivity index (χ0n) is 8.23. The van der Waals surface area contributed by atoms with Crippen molar-refractivity contribution in [1.29, 1.82) is 0 Å². The van der Waals surface area contributed by atoms with Crippen molar-refractivity contribution in [2.45, 2.75) is 18.3 Å². The van der Waals surface area contributed by atoms with Crippen LogP contribution < -0.4 is 0 Å². The number of carboxylic acids is 1. The third-order valence-electron chi connectivity index (χ3n) is 3.61. The van der Waals surface area contributed by atoms with Gasteiger partial charge in [-0.05, 0) is 24.3 Å². The van der Waals surface area contributed by atoms with E-state index in [4.69, 9.17) is 4.74 Å². The van der Waals surface area contributed by atoms with Crippen LogP contribution >= 0.6 is 11.3 Å². The van der Waals surface area contributed by atoms with E-state index in [-0.39, 0.29) is 5.41 Å². The van der Waals surface area contributed by atoms with E-state index in [0.717, 1.165) is 12.8 Å². The highest BCUT2D eigenvalue weighted by Crippen LogP contribution is 2.60. The van der Waals surface area contributed by atoms with Crippen LogP contribution in [0.1, 0.15) is 17.7 Å². The van der Waals surface area contributed by atoms with Crippen LogP contribution in [0.2, 0.25) is 0 Å². The molecule has 3 aliphatic rings. The molecule has 0 aromatic carbocycles. The van der Waals surface area contributed by atoms with Crippen LogP contribution in [0.4, 0.5) is 0 Å². The molecule has 0 unspecified atom stereocenters. The van der Waals surface area contributed by atoms with Gasteiger partial charge >= 0.3 is 5.97 Å². The summed E-state index contributed by atoms with van der Waals surface area (Å²) in [7, 11) is 0. The Hall–Kier alpha value is -0.870. The lowest BCUT2D eigenvalue weighted by Crippen LogP contribution is -2.62. The Balaban J connectivity index is 1.91. The van der Waals surface area contributed by atoms with Gasteiger partial charge in [0.25, 0.3) is 0 Å². The van der Waals surface area contributed by atoms with Crippen molar-refractivity contribution in [3.8, 4) is 0 Å². The summed E-state index contributed by atoms with van der Waals surface area (Å²) in [5, 5.41) is 11.2. The standard InChI is InChI=1S/C11H12O3S/c12-9(13)11-4-10(5-11,6-14-7-11)8-2-1-3-15-8/h1-3H,4-7H2,(H,12,13). The van der Waals surface area contributed by atoms with E-state index in [0.29, 0.717) is 13.2 Å². The Bertz CT molecular complexity index is 390. The lowest BCUT2D eigenvalue weighted by molar-refractivity contribution is -0.191. The summed E-state index contributed by atoms with van der Waals surface area (Å²) in [6.07, 6.45) is 1.49. The van der Waals surface area contributed by atoms with Crippen molar-refractivity contribution >= 4 is 17.3 Å². The molecule has 4 rings (SSSR count). The average Bonchev–Trinajstić information content (AvgIpc) is 2.69. The first-order valence-corrected chi connectivity index (χ1v) is 5.90. The summed E-state index contributed by atoms with van der Waals surface area (Å²) in [6.45, 7) is 1.07. The van der Waals surface area contributed by atoms with Gasteiger partial charge in [-0.2, -0.15) is 0 Å². The Kier molecular flexibility index (Phi) is 1.77. The Morgan fingerprint density at radius 1 is 1.47 bits per heavy atom. The van der Waals surface area contributed by atoms with Gasteiger partial charge in [-0.1, -0.05) is 6.07 Å². The first kappa shape index (κ1) is 9.36. The largest absolute Gasteiger partial charge is 0.481 e. The number of hydrogen-bond acceptors (Lipinski definition) is 3. The van der Waals surface area contributed by atoms with Crippen molar-refractivity contribution in [1.82, 2.24) is 0 Å². The summed E-state index contributed by atoms with van der Waals surface area (Å²) < 4.78 is 5.45. The second-order valence-corrected chi connectivity index (χ2v) is 5.64. The molecule has 0 spiro atoms. The molecule has 4 heteroatoms. The molecule has 3 nitrogen and oxygen atoms in total. The van der Waals surface area contributed by atoms with Crippen molar-refractivity contribution in [2.75, 3.05) is 13.2 Å². The highest BCUT2D eigenvalue weighted by molar-refractivity contribution is 7.10. The van der Waals surface area contributed by atoms with Gasteiger partial charge in [-0.3, -0.25) is 4.79 Å². The maximum Gasteiger partial charge on any atom is 0.312 e. The van der Waals surface area contributed by atoms with Gasteiger partial charge in [0.1, 0.15) is 0 Å². The second-order valence-electron chi connectivity index (χ2n) is 4.69. The van der Waals surface area contributed by atoms with E-state index in [2.05, 4.69) is 6.07 Å². The molecule has 1 saturated carbocycles. The number of carboxylic acid groups (broad SMARTS) is 1. The molecule has 3 fully saturated rings. The summed E-state index contributed by atoms with van der Waals surface area (Å²) in [6, 6.07) is 4.11. The Labute approximate surface area is 91.7 Å². The average molecular weight is 224 g/mol. The highest BCUT2D eigenvalue weighted by atomic mass is 32.1. The van der Waals surface area contributed by atoms with E-state index in [1.54, 1.807) is 11.3 Å². The number of ether oxygens (including phenoxy) is 1. The van der Waals surface area contributed by atoms with Crippen LogP contribution in [0.5, 0.6) is 0 Å². The fourth-order valence-electron chi connectivity index (χ4n) is 2.93. The van der Waals surface area contributed by atoms with Gasteiger partial charge < -0.3 is 9.84 Å². The monoisotopic (exact) mass is 224 g/mol. The summed E-state index contributed by atoms with van der Waals surface area (Å²) in [5.41, 5.74) is -0.590. The Morgan fingerprint density at radius 2 is 2.27 bits per heavy atom. The number of rotatable bonds is 2. The second kappa shape index (κ2) is 2.83. The summed E-state index contributed by atoms with van der Waals surface area (Å²) >= 11 is 1.70. The van der Waals surface area contributed by atoms with Crippen LogP contribution in [-0.4, -0.2) is 24.3 Å². The van der Waals surface area contributed by atoms with E-state index in [1.807, 2.05) is 11.4 Å². The lowest BCUT2D eigenvalue weighted by Gasteiger charge is -2.57. The van der Waals surface area contributed by atoms with Crippen LogP contribution in [-0.2, 0) is 14.9 Å². The van der Waals surface area contributed by atoms with Crippen molar-refractivity contribution in [3.05, 3.63) is 22.4 Å². The van der Waals surface area contributed by atoms with E-state index >= 15 is 0 Å². The fourth-order valence-corrected chi connectivity index (χ4v) is 3.84. The first-order chi connectivity index (χ1) is 7.17. The lowest BCUT2D eigenvalue weighted by atomic mass is 9.51. The molecule has 0 radical (unpaired) electrons. The van der Waals surface area contributed by atoms with Crippen LogP contribution in [0.3, 0.4) is 0 Å². The predicted molar refractivity (Wildman–Crippen MR) is 56.1 cm³/mol. The fraction of sp³-hybridized carbons (Fsp3) is 0.545. The molecular weight excluding hydrogens is 212 g/mol. The van der Waals surface area contributed by atoms with Crippen molar-refractivity contribution in [3.63, 3.8) is 0 Å². The number of fused-ring (bicyclic) bond motifs is 2.